The second-order valence-electron chi connectivity index (χ2n) is 2.88. The normalized spacial score (nSPS) is 12.3. The first kappa shape index (κ1) is 16.4. The Bertz CT molecular complexity index is 331. The number of carboxylic acids is 2. The number of carbonyl (C=O) groups is 3. The smallest absolute Gasteiger partial charge is 0.328 e. The summed E-state index contributed by atoms with van der Waals surface area (Å²) in [4.78, 5) is 31.6. The van der Waals surface area contributed by atoms with Crippen molar-refractivity contribution in [2.75, 3.05) is 6.54 Å². The van der Waals surface area contributed by atoms with Gasteiger partial charge in [0.25, 0.3) is 0 Å². The first-order chi connectivity index (χ1) is 8.45. The Kier molecular flexibility index (Phi) is 8.57. The van der Waals surface area contributed by atoms with Crippen LogP contribution in [0.1, 0.15) is 6.42 Å². The molecule has 10 heteroatoms. The van der Waals surface area contributed by atoms with E-state index in [0.717, 1.165) is 6.08 Å². The number of carbonyl (C=O) groups excluding carboxylic acids is 1. The highest BCUT2D eigenvalue weighted by Crippen LogP contribution is 2.15. The minimum atomic E-state index is -1.28. The van der Waals surface area contributed by atoms with Crippen molar-refractivity contribution in [1.82, 2.24) is 5.32 Å². The number of hydrogen-bond donors (Lipinski definition) is 4. The number of hydrogen-bond acceptors (Lipinski definition) is 7. The van der Waals surface area contributed by atoms with E-state index in [1.165, 1.54) is 0 Å². The van der Waals surface area contributed by atoms with E-state index < -0.39 is 23.1 Å². The Morgan fingerprint density at radius 3 is 2.44 bits per heavy atom. The van der Waals surface area contributed by atoms with Crippen molar-refractivity contribution in [3.63, 3.8) is 0 Å². The fourth-order valence-electron chi connectivity index (χ4n) is 0.828. The molecule has 0 saturated carbocycles. The number of nitrogens with one attached hydrogen (secondary N) is 1. The molecule has 0 aliphatic heterocycles. The molecular formula is C8H11NO8S. The van der Waals surface area contributed by atoms with Crippen LogP contribution in [0.25, 0.3) is 0 Å². The number of amides is 1. The highest BCUT2D eigenvalue weighted by molar-refractivity contribution is 7.95. The van der Waals surface area contributed by atoms with Crippen molar-refractivity contribution in [3.05, 3.63) is 12.2 Å². The van der Waals surface area contributed by atoms with E-state index in [1.54, 1.807) is 0 Å². The highest BCUT2D eigenvalue weighted by atomic mass is 32.2. The third-order valence-corrected chi connectivity index (χ3v) is 2.23. The second kappa shape index (κ2) is 9.41. The van der Waals surface area contributed by atoms with E-state index in [0.29, 0.717) is 18.1 Å². The summed E-state index contributed by atoms with van der Waals surface area (Å²) in [6, 6.07) is 0. The van der Waals surface area contributed by atoms with Crippen LogP contribution in [0.15, 0.2) is 12.2 Å². The summed E-state index contributed by atoms with van der Waals surface area (Å²) in [5.74, 6) is -3.11. The van der Waals surface area contributed by atoms with Gasteiger partial charge in [0.2, 0.25) is 5.91 Å². The largest absolute Gasteiger partial charge is 0.481 e. The molecule has 0 aromatic carbocycles. The van der Waals surface area contributed by atoms with Crippen LogP contribution in [0.4, 0.5) is 0 Å². The summed E-state index contributed by atoms with van der Waals surface area (Å²) in [6.07, 6.45) is 1.08. The molecule has 0 rings (SSSR count). The van der Waals surface area contributed by atoms with Crippen molar-refractivity contribution >= 4 is 29.9 Å². The lowest BCUT2D eigenvalue weighted by Crippen LogP contribution is -2.31. The van der Waals surface area contributed by atoms with Gasteiger partial charge in [0.05, 0.1) is 11.7 Å². The highest BCUT2D eigenvalue weighted by Gasteiger charge is 2.16. The third-order valence-electron chi connectivity index (χ3n) is 1.49. The van der Waals surface area contributed by atoms with Crippen LogP contribution >= 0.6 is 12.0 Å². The molecule has 102 valence electrons. The van der Waals surface area contributed by atoms with Crippen molar-refractivity contribution in [2.45, 2.75) is 11.7 Å². The lowest BCUT2D eigenvalue weighted by atomic mass is 10.3. The van der Waals surface area contributed by atoms with E-state index in [1.807, 2.05) is 0 Å². The van der Waals surface area contributed by atoms with Crippen molar-refractivity contribution in [1.29, 1.82) is 0 Å². The zero-order valence-corrected chi connectivity index (χ0v) is 9.75. The Morgan fingerprint density at radius 1 is 1.28 bits per heavy atom. The van der Waals surface area contributed by atoms with Crippen molar-refractivity contribution < 1.29 is 39.2 Å². The molecule has 0 spiro atoms. The molecule has 0 radical (unpaired) electrons. The summed E-state index contributed by atoms with van der Waals surface area (Å²) in [5.41, 5.74) is 0. The molecule has 0 aliphatic carbocycles. The molecule has 1 unspecified atom stereocenters. The fourth-order valence-corrected chi connectivity index (χ4v) is 1.34. The third kappa shape index (κ3) is 9.59. The van der Waals surface area contributed by atoms with Crippen molar-refractivity contribution in [2.24, 2.45) is 0 Å². The van der Waals surface area contributed by atoms with Crippen LogP contribution in [0.3, 0.4) is 0 Å². The standard InChI is InChI=1S/C8H11NO8S/c10-6(1-2-7(11)12)9-4-5(3-8(13)14)18-17-16-15/h1-2,5,15H,3-4H2,(H,9,10)(H,11,12)(H,13,14)/b2-1-. The lowest BCUT2D eigenvalue weighted by Gasteiger charge is -2.11. The van der Waals surface area contributed by atoms with Gasteiger partial charge in [0.1, 0.15) is 0 Å². The second-order valence-corrected chi connectivity index (χ2v) is 3.87. The van der Waals surface area contributed by atoms with Crippen LogP contribution in [-0.2, 0) is 23.8 Å². The van der Waals surface area contributed by atoms with Gasteiger partial charge in [0, 0.05) is 30.7 Å². The summed E-state index contributed by atoms with van der Waals surface area (Å²) in [7, 11) is 0. The fraction of sp³-hybridized carbons (Fsp3) is 0.375. The van der Waals surface area contributed by atoms with E-state index in [9.17, 15) is 14.4 Å². The lowest BCUT2D eigenvalue weighted by molar-refractivity contribution is -0.432. The van der Waals surface area contributed by atoms with Gasteiger partial charge >= 0.3 is 11.9 Å². The first-order valence-corrected chi connectivity index (χ1v) is 5.30. The average molecular weight is 281 g/mol. The predicted molar refractivity (Wildman–Crippen MR) is 58.2 cm³/mol. The van der Waals surface area contributed by atoms with Crippen LogP contribution in [0.2, 0.25) is 0 Å². The van der Waals surface area contributed by atoms with E-state index in [-0.39, 0.29) is 13.0 Å². The van der Waals surface area contributed by atoms with Gasteiger partial charge in [-0.15, -0.1) is 4.33 Å². The molecule has 0 aromatic rings. The molecule has 18 heavy (non-hydrogen) atoms. The zero-order chi connectivity index (χ0) is 14.0. The monoisotopic (exact) mass is 281 g/mol. The molecule has 9 nitrogen and oxygen atoms in total. The van der Waals surface area contributed by atoms with Crippen LogP contribution in [0.5, 0.6) is 0 Å². The number of aliphatic carboxylic acids is 2. The molecule has 1 atom stereocenters. The number of carboxylic acid groups (broad SMARTS) is 2. The minimum Gasteiger partial charge on any atom is -0.481 e. The number of rotatable bonds is 9. The minimum absolute atomic E-state index is 0.108. The Balaban J connectivity index is 4.11. The topological polar surface area (TPSA) is 142 Å². The van der Waals surface area contributed by atoms with Crippen LogP contribution < -0.4 is 5.32 Å². The van der Waals surface area contributed by atoms with Crippen molar-refractivity contribution in [3.8, 4) is 0 Å². The van der Waals surface area contributed by atoms with Gasteiger partial charge in [-0.2, -0.15) is 0 Å². The molecule has 1 amide bonds. The molecule has 0 saturated heterocycles. The molecule has 0 aliphatic rings. The predicted octanol–water partition coefficient (Wildman–Crippen LogP) is -0.344. The maximum atomic E-state index is 11.1. The van der Waals surface area contributed by atoms with Gasteiger partial charge in [0.15, 0.2) is 0 Å². The average Bonchev–Trinajstić information content (AvgIpc) is 2.29. The molecular weight excluding hydrogens is 270 g/mol. The molecule has 0 bridgehead atoms. The van der Waals surface area contributed by atoms with Gasteiger partial charge < -0.3 is 15.5 Å². The van der Waals surface area contributed by atoms with Gasteiger partial charge in [-0.05, 0) is 0 Å². The summed E-state index contributed by atoms with van der Waals surface area (Å²) >= 11 is 0.508. The van der Waals surface area contributed by atoms with Gasteiger partial charge in [-0.1, -0.05) is 5.04 Å². The summed E-state index contributed by atoms with van der Waals surface area (Å²) < 4.78 is 4.07. The van der Waals surface area contributed by atoms with E-state index in [2.05, 4.69) is 14.7 Å². The zero-order valence-electron chi connectivity index (χ0n) is 8.94. The quantitative estimate of drug-likeness (QED) is 0.193. The van der Waals surface area contributed by atoms with Crippen LogP contribution in [0, 0.1) is 0 Å². The molecule has 4 N–H and O–H groups in total. The summed E-state index contributed by atoms with van der Waals surface area (Å²) in [6.45, 7) is -0.108. The maximum Gasteiger partial charge on any atom is 0.328 e. The van der Waals surface area contributed by atoms with Gasteiger partial charge in [-0.25, -0.2) is 10.1 Å². The SMILES string of the molecule is O=C(O)/C=C\C(=O)NCC(CC(=O)O)SOOO. The summed E-state index contributed by atoms with van der Waals surface area (Å²) in [5, 5.41) is 29.6. The Morgan fingerprint density at radius 2 is 1.94 bits per heavy atom. The maximum absolute atomic E-state index is 11.1. The van der Waals surface area contributed by atoms with E-state index >= 15 is 0 Å². The van der Waals surface area contributed by atoms with Gasteiger partial charge in [-0.3, -0.25) is 9.59 Å². The van der Waals surface area contributed by atoms with Crippen LogP contribution in [-0.4, -0.2) is 45.1 Å². The van der Waals surface area contributed by atoms with E-state index in [4.69, 9.17) is 15.5 Å². The Hall–Kier alpha value is -1.62. The first-order valence-electron chi connectivity index (χ1n) is 4.50. The molecule has 0 fully saturated rings. The Labute approximate surface area is 105 Å². The molecule has 0 aromatic heterocycles. The molecule has 0 heterocycles.